The molecule has 0 spiro atoms. The van der Waals surface area contributed by atoms with Crippen LogP contribution in [-0.2, 0) is 0 Å². The molecule has 0 aliphatic heterocycles. The third kappa shape index (κ3) is 2.19. The Labute approximate surface area is 63.5 Å². The summed E-state index contributed by atoms with van der Waals surface area (Å²) in [5, 5.41) is -0.917. The van der Waals surface area contributed by atoms with Crippen LogP contribution in [0.4, 0.5) is 14.6 Å². The molecule has 56 valence electrons. The summed E-state index contributed by atoms with van der Waals surface area (Å²) in [6, 6.07) is 7.47. The quantitative estimate of drug-likeness (QED) is 0.579. The molecule has 0 N–H and O–H groups in total. The predicted molar refractivity (Wildman–Crippen MR) is 38.4 cm³/mol. The van der Waals surface area contributed by atoms with Gasteiger partial charge < -0.3 is 0 Å². The summed E-state index contributed by atoms with van der Waals surface area (Å²) in [5.41, 5.74) is -0.0856. The van der Waals surface area contributed by atoms with Crippen LogP contribution in [-0.4, -0.2) is 0 Å². The fraction of sp³-hybridized carbons (Fsp3) is 0. The highest BCUT2D eigenvalue weighted by molar-refractivity contribution is 5.85. The van der Waals surface area contributed by atoms with Crippen molar-refractivity contribution in [2.75, 3.05) is 5.34 Å². The van der Waals surface area contributed by atoms with Crippen LogP contribution < -0.4 is 5.34 Å². The second kappa shape index (κ2) is 4.06. The molecular formula is C6H6ClF2N. The predicted octanol–water partition coefficient (Wildman–Crippen LogP) is 2.68. The van der Waals surface area contributed by atoms with Crippen molar-refractivity contribution in [2.24, 2.45) is 0 Å². The highest BCUT2D eigenvalue weighted by Crippen LogP contribution is 2.12. The zero-order valence-corrected chi connectivity index (χ0v) is 5.81. The molecule has 0 fully saturated rings. The Bertz CT molecular complexity index is 178. The minimum Gasteiger partial charge on any atom is -0.147 e. The normalized spacial score (nSPS) is 8.20. The van der Waals surface area contributed by atoms with Crippen LogP contribution in [0, 0.1) is 0 Å². The molecule has 0 saturated heterocycles. The van der Waals surface area contributed by atoms with Crippen LogP contribution in [0.5, 0.6) is 0 Å². The zero-order valence-electron chi connectivity index (χ0n) is 5.00. The van der Waals surface area contributed by atoms with E-state index in [0.717, 1.165) is 0 Å². The lowest BCUT2D eigenvalue weighted by molar-refractivity contribution is 0.235. The van der Waals surface area contributed by atoms with Gasteiger partial charge in [0.05, 0.1) is 0 Å². The summed E-state index contributed by atoms with van der Waals surface area (Å²) in [7, 11) is 0. The molecule has 0 aliphatic carbocycles. The number of rotatable bonds is 1. The van der Waals surface area contributed by atoms with Gasteiger partial charge in [-0.1, -0.05) is 27.2 Å². The Balaban J connectivity index is 0.000000810. The fourth-order valence-corrected chi connectivity index (χ4v) is 0.541. The van der Waals surface area contributed by atoms with Crippen molar-refractivity contribution < 1.29 is 8.96 Å². The summed E-state index contributed by atoms with van der Waals surface area (Å²) in [5.74, 6) is 0. The molecule has 1 rings (SSSR count). The number of halogens is 3. The van der Waals surface area contributed by atoms with Crippen molar-refractivity contribution in [3.63, 3.8) is 0 Å². The Morgan fingerprint density at radius 3 is 1.80 bits per heavy atom. The van der Waals surface area contributed by atoms with Crippen LogP contribution in [0.15, 0.2) is 30.3 Å². The lowest BCUT2D eigenvalue weighted by Crippen LogP contribution is -1.93. The van der Waals surface area contributed by atoms with E-state index in [1.54, 1.807) is 18.2 Å². The maximum atomic E-state index is 11.6. The summed E-state index contributed by atoms with van der Waals surface area (Å²) >= 11 is 0. The van der Waals surface area contributed by atoms with Crippen LogP contribution in [0.2, 0.25) is 0 Å². The first-order chi connectivity index (χ1) is 4.30. The van der Waals surface area contributed by atoms with E-state index in [2.05, 4.69) is 0 Å². The SMILES string of the molecule is Cl.FN(F)c1ccccc1. The van der Waals surface area contributed by atoms with Crippen molar-refractivity contribution >= 4 is 18.1 Å². The number of hydrogen-bond acceptors (Lipinski definition) is 1. The van der Waals surface area contributed by atoms with E-state index < -0.39 is 5.34 Å². The molecule has 0 aliphatic rings. The minimum atomic E-state index is -0.917. The van der Waals surface area contributed by atoms with E-state index in [1.807, 2.05) is 0 Å². The standard InChI is InChI=1S/C6H5F2N.ClH/c7-9(8)6-4-2-1-3-5-6;/h1-5H;1H. The zero-order chi connectivity index (χ0) is 6.69. The molecule has 1 aromatic rings. The van der Waals surface area contributed by atoms with Gasteiger partial charge in [0, 0.05) is 0 Å². The Morgan fingerprint density at radius 1 is 1.00 bits per heavy atom. The maximum Gasteiger partial charge on any atom is 0.105 e. The van der Waals surface area contributed by atoms with E-state index in [4.69, 9.17) is 0 Å². The van der Waals surface area contributed by atoms with Crippen LogP contribution in [0.1, 0.15) is 0 Å². The van der Waals surface area contributed by atoms with Crippen LogP contribution >= 0.6 is 12.4 Å². The van der Waals surface area contributed by atoms with Crippen molar-refractivity contribution in [3.05, 3.63) is 30.3 Å². The first-order valence-corrected chi connectivity index (χ1v) is 2.47. The first-order valence-electron chi connectivity index (χ1n) is 2.47. The first kappa shape index (κ1) is 9.17. The van der Waals surface area contributed by atoms with Gasteiger partial charge in [0.15, 0.2) is 0 Å². The summed E-state index contributed by atoms with van der Waals surface area (Å²) in [6.07, 6.45) is 0. The third-order valence-corrected chi connectivity index (χ3v) is 0.951. The molecule has 0 radical (unpaired) electrons. The second-order valence-electron chi connectivity index (χ2n) is 1.57. The Morgan fingerprint density at radius 2 is 1.50 bits per heavy atom. The summed E-state index contributed by atoms with van der Waals surface area (Å²) in [4.78, 5) is 0. The van der Waals surface area contributed by atoms with E-state index >= 15 is 0 Å². The molecule has 0 saturated carbocycles. The molecule has 0 amide bonds. The molecule has 0 heterocycles. The molecule has 10 heavy (non-hydrogen) atoms. The van der Waals surface area contributed by atoms with Gasteiger partial charge in [0.1, 0.15) is 5.69 Å². The van der Waals surface area contributed by atoms with Crippen molar-refractivity contribution in [2.45, 2.75) is 0 Å². The molecule has 0 bridgehead atoms. The lowest BCUT2D eigenvalue weighted by atomic mass is 10.3. The van der Waals surface area contributed by atoms with Crippen LogP contribution in [0.3, 0.4) is 0 Å². The molecule has 1 nitrogen and oxygen atoms in total. The third-order valence-electron chi connectivity index (χ3n) is 0.951. The number of hydrogen-bond donors (Lipinski definition) is 0. The van der Waals surface area contributed by atoms with Gasteiger partial charge in [-0.3, -0.25) is 0 Å². The lowest BCUT2D eigenvalue weighted by Gasteiger charge is -1.97. The van der Waals surface area contributed by atoms with Crippen LogP contribution in [0.25, 0.3) is 0 Å². The molecular weight excluding hydrogens is 160 g/mol. The van der Waals surface area contributed by atoms with Gasteiger partial charge in [0.25, 0.3) is 0 Å². The number of anilines is 1. The van der Waals surface area contributed by atoms with E-state index in [9.17, 15) is 8.96 Å². The number of para-hydroxylation sites is 1. The average Bonchev–Trinajstić information content (AvgIpc) is 1.90. The molecule has 0 unspecified atom stereocenters. The van der Waals surface area contributed by atoms with Gasteiger partial charge in [0.2, 0.25) is 0 Å². The average molecular weight is 166 g/mol. The van der Waals surface area contributed by atoms with Gasteiger partial charge >= 0.3 is 0 Å². The van der Waals surface area contributed by atoms with E-state index in [0.29, 0.717) is 0 Å². The van der Waals surface area contributed by atoms with Gasteiger partial charge in [-0.2, -0.15) is 0 Å². The van der Waals surface area contributed by atoms with Crippen molar-refractivity contribution in [3.8, 4) is 0 Å². The van der Waals surface area contributed by atoms with Gasteiger partial charge in [-0.15, -0.1) is 12.4 Å². The van der Waals surface area contributed by atoms with Gasteiger partial charge in [-0.25, -0.2) is 0 Å². The second-order valence-corrected chi connectivity index (χ2v) is 1.57. The van der Waals surface area contributed by atoms with Crippen molar-refractivity contribution in [1.29, 1.82) is 0 Å². The smallest absolute Gasteiger partial charge is 0.105 e. The fourth-order valence-electron chi connectivity index (χ4n) is 0.541. The Hall–Kier alpha value is -0.830. The maximum absolute atomic E-state index is 11.6. The van der Waals surface area contributed by atoms with Gasteiger partial charge in [-0.05, 0) is 17.5 Å². The monoisotopic (exact) mass is 165 g/mol. The molecule has 4 heteroatoms. The van der Waals surface area contributed by atoms with Crippen molar-refractivity contribution in [1.82, 2.24) is 0 Å². The highest BCUT2D eigenvalue weighted by atomic mass is 35.5. The summed E-state index contributed by atoms with van der Waals surface area (Å²) in [6.45, 7) is 0. The van der Waals surface area contributed by atoms with E-state index in [-0.39, 0.29) is 18.1 Å². The molecule has 0 atom stereocenters. The minimum absolute atomic E-state index is 0. The molecule has 1 aromatic carbocycles. The summed E-state index contributed by atoms with van der Waals surface area (Å²) < 4.78 is 23.2. The Kier molecular flexibility index (Phi) is 3.72. The largest absolute Gasteiger partial charge is 0.147 e. The van der Waals surface area contributed by atoms with E-state index in [1.165, 1.54) is 12.1 Å². The topological polar surface area (TPSA) is 3.24 Å². The molecule has 0 aromatic heterocycles. The number of nitrogens with zero attached hydrogens (tertiary/aromatic N) is 1. The highest BCUT2D eigenvalue weighted by Gasteiger charge is 1.97. The number of benzene rings is 1.